The first-order chi connectivity index (χ1) is 8.24. The maximum atomic E-state index is 12.9. The summed E-state index contributed by atoms with van der Waals surface area (Å²) in [6, 6.07) is 14.2. The van der Waals surface area contributed by atoms with Crippen molar-refractivity contribution in [1.82, 2.24) is 0 Å². The van der Waals surface area contributed by atoms with Gasteiger partial charge in [0.25, 0.3) is 0 Å². The lowest BCUT2D eigenvalue weighted by molar-refractivity contribution is 0.627. The van der Waals surface area contributed by atoms with Crippen LogP contribution in [-0.4, -0.2) is 6.21 Å². The third-order valence-electron chi connectivity index (χ3n) is 2.02. The van der Waals surface area contributed by atoms with Crippen molar-refractivity contribution in [2.24, 2.45) is 4.40 Å². The standard InChI is InChI=1S/C13H9BrFNS/c14-11-4-6-13(7-5-11)17-16-9-10-2-1-3-12(15)8-10/h1-9H/b16-9+. The van der Waals surface area contributed by atoms with E-state index in [2.05, 4.69) is 20.3 Å². The lowest BCUT2D eigenvalue weighted by atomic mass is 10.2. The molecule has 2 rings (SSSR count). The highest BCUT2D eigenvalue weighted by Gasteiger charge is 1.93. The molecule has 0 spiro atoms. The predicted octanol–water partition coefficient (Wildman–Crippen LogP) is 4.71. The molecule has 0 aliphatic carbocycles. The Balaban J connectivity index is 2.00. The van der Waals surface area contributed by atoms with Crippen LogP contribution in [0.3, 0.4) is 0 Å². The van der Waals surface area contributed by atoms with Gasteiger partial charge in [0.05, 0.1) is 0 Å². The second-order valence-corrected chi connectivity index (χ2v) is 5.12. The molecule has 0 amide bonds. The summed E-state index contributed by atoms with van der Waals surface area (Å²) in [6.45, 7) is 0. The first kappa shape index (κ1) is 12.3. The van der Waals surface area contributed by atoms with E-state index in [0.717, 1.165) is 14.9 Å². The van der Waals surface area contributed by atoms with Crippen molar-refractivity contribution in [1.29, 1.82) is 0 Å². The predicted molar refractivity (Wildman–Crippen MR) is 74.0 cm³/mol. The minimum atomic E-state index is -0.248. The van der Waals surface area contributed by atoms with Gasteiger partial charge in [0.15, 0.2) is 0 Å². The molecule has 0 atom stereocenters. The Hall–Kier alpha value is -1.13. The van der Waals surface area contributed by atoms with Crippen molar-refractivity contribution in [2.45, 2.75) is 4.90 Å². The summed E-state index contributed by atoms with van der Waals surface area (Å²) in [7, 11) is 0. The van der Waals surface area contributed by atoms with E-state index in [1.807, 2.05) is 30.3 Å². The average molecular weight is 310 g/mol. The molecule has 0 N–H and O–H groups in total. The van der Waals surface area contributed by atoms with Crippen molar-refractivity contribution in [2.75, 3.05) is 0 Å². The molecule has 0 unspecified atom stereocenters. The van der Waals surface area contributed by atoms with E-state index < -0.39 is 0 Å². The SMILES string of the molecule is Fc1cccc(/C=N/Sc2ccc(Br)cc2)c1. The third-order valence-corrected chi connectivity index (χ3v) is 3.24. The highest BCUT2D eigenvalue weighted by Crippen LogP contribution is 2.21. The zero-order valence-electron chi connectivity index (χ0n) is 8.81. The normalized spacial score (nSPS) is 10.9. The molecule has 0 saturated heterocycles. The van der Waals surface area contributed by atoms with Crippen LogP contribution >= 0.6 is 27.9 Å². The average Bonchev–Trinajstić information content (AvgIpc) is 2.32. The Labute approximate surface area is 112 Å². The summed E-state index contributed by atoms with van der Waals surface area (Å²) in [5, 5.41) is 0. The molecule has 86 valence electrons. The Morgan fingerprint density at radius 2 is 1.88 bits per heavy atom. The van der Waals surface area contributed by atoms with Gasteiger partial charge in [0.1, 0.15) is 5.82 Å². The summed E-state index contributed by atoms with van der Waals surface area (Å²) in [5.41, 5.74) is 0.759. The molecule has 0 aliphatic rings. The van der Waals surface area contributed by atoms with E-state index in [1.54, 1.807) is 12.3 Å². The van der Waals surface area contributed by atoms with Crippen molar-refractivity contribution >= 4 is 34.1 Å². The second kappa shape index (κ2) is 5.98. The monoisotopic (exact) mass is 309 g/mol. The molecular formula is C13H9BrFNS. The number of halogens is 2. The molecule has 0 aromatic heterocycles. The van der Waals surface area contributed by atoms with E-state index in [-0.39, 0.29) is 5.82 Å². The first-order valence-corrected chi connectivity index (χ1v) is 6.52. The van der Waals surface area contributed by atoms with Crippen LogP contribution in [0.15, 0.2) is 62.3 Å². The molecule has 4 heteroatoms. The molecule has 0 radical (unpaired) electrons. The Bertz CT molecular complexity index is 525. The summed E-state index contributed by atoms with van der Waals surface area (Å²) >= 11 is 4.72. The van der Waals surface area contributed by atoms with Crippen molar-refractivity contribution in [3.05, 3.63) is 64.4 Å². The maximum absolute atomic E-state index is 12.9. The van der Waals surface area contributed by atoms with Gasteiger partial charge in [-0.2, -0.15) is 0 Å². The van der Waals surface area contributed by atoms with Crippen LogP contribution in [0.4, 0.5) is 4.39 Å². The molecule has 0 aliphatic heterocycles. The summed E-state index contributed by atoms with van der Waals surface area (Å²) < 4.78 is 18.1. The molecule has 2 aromatic carbocycles. The molecule has 17 heavy (non-hydrogen) atoms. The number of rotatable bonds is 3. The lowest BCUT2D eigenvalue weighted by Gasteiger charge is -1.95. The fourth-order valence-electron chi connectivity index (χ4n) is 1.23. The number of hydrogen-bond acceptors (Lipinski definition) is 2. The minimum Gasteiger partial charge on any atom is -0.219 e. The summed E-state index contributed by atoms with van der Waals surface area (Å²) in [4.78, 5) is 1.04. The summed E-state index contributed by atoms with van der Waals surface area (Å²) in [6.07, 6.45) is 1.65. The van der Waals surface area contributed by atoms with Gasteiger partial charge in [-0.3, -0.25) is 0 Å². The van der Waals surface area contributed by atoms with E-state index in [1.165, 1.54) is 24.1 Å². The van der Waals surface area contributed by atoms with Gasteiger partial charge in [-0.25, -0.2) is 8.79 Å². The van der Waals surface area contributed by atoms with Crippen LogP contribution in [-0.2, 0) is 0 Å². The zero-order valence-corrected chi connectivity index (χ0v) is 11.2. The third kappa shape index (κ3) is 3.98. The number of benzene rings is 2. The topological polar surface area (TPSA) is 12.4 Å². The van der Waals surface area contributed by atoms with Crippen LogP contribution < -0.4 is 0 Å². The smallest absolute Gasteiger partial charge is 0.123 e. The molecule has 1 nitrogen and oxygen atoms in total. The molecule has 2 aromatic rings. The maximum Gasteiger partial charge on any atom is 0.123 e. The van der Waals surface area contributed by atoms with Gasteiger partial charge in [0.2, 0.25) is 0 Å². The number of hydrogen-bond donors (Lipinski definition) is 0. The Morgan fingerprint density at radius 3 is 2.59 bits per heavy atom. The molecular weight excluding hydrogens is 301 g/mol. The largest absolute Gasteiger partial charge is 0.219 e. The Kier molecular flexibility index (Phi) is 4.34. The molecule has 0 fully saturated rings. The van der Waals surface area contributed by atoms with Crippen LogP contribution in [0.2, 0.25) is 0 Å². The minimum absolute atomic E-state index is 0.248. The van der Waals surface area contributed by atoms with Crippen LogP contribution in [0.25, 0.3) is 0 Å². The fourth-order valence-corrected chi connectivity index (χ4v) is 2.05. The molecule has 0 bridgehead atoms. The number of nitrogens with zero attached hydrogens (tertiary/aromatic N) is 1. The van der Waals surface area contributed by atoms with Crippen molar-refractivity contribution < 1.29 is 4.39 Å². The van der Waals surface area contributed by atoms with Gasteiger partial charge in [-0.15, -0.1) is 0 Å². The van der Waals surface area contributed by atoms with Crippen molar-refractivity contribution in [3.8, 4) is 0 Å². The van der Waals surface area contributed by atoms with Gasteiger partial charge in [-0.05, 0) is 42.0 Å². The highest BCUT2D eigenvalue weighted by atomic mass is 79.9. The quantitative estimate of drug-likeness (QED) is 0.590. The Morgan fingerprint density at radius 1 is 1.12 bits per heavy atom. The zero-order chi connectivity index (χ0) is 12.1. The van der Waals surface area contributed by atoms with Crippen LogP contribution in [0.5, 0.6) is 0 Å². The molecule has 0 heterocycles. The van der Waals surface area contributed by atoms with Gasteiger partial charge in [-0.1, -0.05) is 28.1 Å². The van der Waals surface area contributed by atoms with E-state index in [4.69, 9.17) is 0 Å². The van der Waals surface area contributed by atoms with Gasteiger partial charge in [0, 0.05) is 27.5 Å². The van der Waals surface area contributed by atoms with Crippen LogP contribution in [0.1, 0.15) is 5.56 Å². The van der Waals surface area contributed by atoms with E-state index >= 15 is 0 Å². The van der Waals surface area contributed by atoms with E-state index in [0.29, 0.717) is 0 Å². The van der Waals surface area contributed by atoms with Gasteiger partial charge >= 0.3 is 0 Å². The molecule has 0 saturated carbocycles. The highest BCUT2D eigenvalue weighted by molar-refractivity contribution is 9.10. The summed E-state index contributed by atoms with van der Waals surface area (Å²) in [5.74, 6) is -0.248. The van der Waals surface area contributed by atoms with Crippen LogP contribution in [0, 0.1) is 5.82 Å². The lowest BCUT2D eigenvalue weighted by Crippen LogP contribution is -1.81. The van der Waals surface area contributed by atoms with Gasteiger partial charge < -0.3 is 0 Å². The second-order valence-electron chi connectivity index (χ2n) is 3.33. The van der Waals surface area contributed by atoms with E-state index in [9.17, 15) is 4.39 Å². The fraction of sp³-hybridized carbons (Fsp3) is 0. The van der Waals surface area contributed by atoms with Crippen molar-refractivity contribution in [3.63, 3.8) is 0 Å². The first-order valence-electron chi connectivity index (χ1n) is 4.95.